The Hall–Kier alpha value is -1.61. The van der Waals surface area contributed by atoms with Crippen LogP contribution in [0, 0.1) is 0 Å². The second-order valence-electron chi connectivity index (χ2n) is 3.75. The first-order valence-electron chi connectivity index (χ1n) is 5.58. The van der Waals surface area contributed by atoms with Gasteiger partial charge in [-0.3, -0.25) is 0 Å². The zero-order valence-electron chi connectivity index (χ0n) is 9.43. The smallest absolute Gasteiger partial charge is 0.0651 e. The van der Waals surface area contributed by atoms with Crippen molar-refractivity contribution in [3.8, 4) is 5.69 Å². The highest BCUT2D eigenvalue weighted by Gasteiger charge is 2.00. The van der Waals surface area contributed by atoms with Gasteiger partial charge in [0.05, 0.1) is 11.4 Å². The second kappa shape index (κ2) is 4.94. The van der Waals surface area contributed by atoms with Crippen LogP contribution in [0.5, 0.6) is 0 Å². The van der Waals surface area contributed by atoms with Gasteiger partial charge < -0.3 is 5.11 Å². The average molecular weight is 216 g/mol. The monoisotopic (exact) mass is 216 g/mol. The number of aryl methyl sites for hydroxylation is 1. The highest BCUT2D eigenvalue weighted by Crippen LogP contribution is 2.10. The molecule has 1 heterocycles. The molecule has 16 heavy (non-hydrogen) atoms. The molecule has 0 spiro atoms. The molecule has 0 saturated carbocycles. The fraction of sp³-hybridized carbons (Fsp3) is 0.308. The SMILES string of the molecule is CCc1ccc(-n2ccc(CCO)n2)cc1. The topological polar surface area (TPSA) is 38.0 Å². The molecule has 1 N–H and O–H groups in total. The van der Waals surface area contributed by atoms with Crippen molar-refractivity contribution in [1.82, 2.24) is 9.78 Å². The Balaban J connectivity index is 2.21. The second-order valence-corrected chi connectivity index (χ2v) is 3.75. The first kappa shape index (κ1) is 10.9. The molecule has 0 aliphatic heterocycles. The van der Waals surface area contributed by atoms with Crippen LogP contribution in [0.3, 0.4) is 0 Å². The van der Waals surface area contributed by atoms with E-state index < -0.39 is 0 Å². The van der Waals surface area contributed by atoms with Gasteiger partial charge in [-0.2, -0.15) is 5.10 Å². The first-order chi connectivity index (χ1) is 7.83. The maximum atomic E-state index is 8.82. The predicted molar refractivity (Wildman–Crippen MR) is 63.7 cm³/mol. The van der Waals surface area contributed by atoms with Crippen LogP contribution in [0.4, 0.5) is 0 Å². The third kappa shape index (κ3) is 2.31. The summed E-state index contributed by atoms with van der Waals surface area (Å²) in [6.07, 6.45) is 3.58. The number of hydrogen-bond acceptors (Lipinski definition) is 2. The fourth-order valence-corrected chi connectivity index (χ4v) is 1.64. The number of aliphatic hydroxyl groups excluding tert-OH is 1. The van der Waals surface area contributed by atoms with Gasteiger partial charge in [-0.15, -0.1) is 0 Å². The molecule has 0 saturated heterocycles. The van der Waals surface area contributed by atoms with Crippen LogP contribution in [0.25, 0.3) is 5.69 Å². The Bertz CT molecular complexity index is 445. The lowest BCUT2D eigenvalue weighted by molar-refractivity contribution is 0.298. The molecule has 84 valence electrons. The van der Waals surface area contributed by atoms with E-state index in [9.17, 15) is 0 Å². The van der Waals surface area contributed by atoms with E-state index in [1.54, 1.807) is 0 Å². The lowest BCUT2D eigenvalue weighted by Gasteiger charge is -2.02. The molecule has 0 fully saturated rings. The van der Waals surface area contributed by atoms with Gasteiger partial charge in [-0.05, 0) is 30.2 Å². The fourth-order valence-electron chi connectivity index (χ4n) is 1.64. The summed E-state index contributed by atoms with van der Waals surface area (Å²) in [6, 6.07) is 10.3. The van der Waals surface area contributed by atoms with Crippen molar-refractivity contribution in [3.05, 3.63) is 47.8 Å². The number of rotatable bonds is 4. The standard InChI is InChI=1S/C13H16N2O/c1-2-11-3-5-13(6-4-11)15-9-7-12(14-15)8-10-16/h3-7,9,16H,2,8,10H2,1H3. The molecule has 0 amide bonds. The summed E-state index contributed by atoms with van der Waals surface area (Å²) < 4.78 is 1.84. The normalized spacial score (nSPS) is 10.6. The van der Waals surface area contributed by atoms with Crippen LogP contribution in [0.2, 0.25) is 0 Å². The van der Waals surface area contributed by atoms with Gasteiger partial charge in [0.25, 0.3) is 0 Å². The van der Waals surface area contributed by atoms with Crippen molar-refractivity contribution >= 4 is 0 Å². The lowest BCUT2D eigenvalue weighted by atomic mass is 10.1. The Labute approximate surface area is 95.3 Å². The molecule has 0 radical (unpaired) electrons. The molecule has 0 unspecified atom stereocenters. The Morgan fingerprint density at radius 1 is 1.19 bits per heavy atom. The number of nitrogens with zero attached hydrogens (tertiary/aromatic N) is 2. The van der Waals surface area contributed by atoms with E-state index in [1.165, 1.54) is 5.56 Å². The molecule has 2 rings (SSSR count). The molecule has 1 aromatic carbocycles. The van der Waals surface area contributed by atoms with Crippen molar-refractivity contribution in [2.75, 3.05) is 6.61 Å². The zero-order valence-corrected chi connectivity index (χ0v) is 9.43. The molecule has 1 aromatic heterocycles. The van der Waals surface area contributed by atoms with Crippen LogP contribution in [0.1, 0.15) is 18.2 Å². The number of benzene rings is 1. The van der Waals surface area contributed by atoms with Crippen molar-refractivity contribution in [2.45, 2.75) is 19.8 Å². The van der Waals surface area contributed by atoms with Crippen molar-refractivity contribution < 1.29 is 5.11 Å². The summed E-state index contributed by atoms with van der Waals surface area (Å²) >= 11 is 0. The van der Waals surface area contributed by atoms with E-state index in [4.69, 9.17) is 5.11 Å². The molecule has 0 aliphatic carbocycles. The zero-order chi connectivity index (χ0) is 11.4. The van der Waals surface area contributed by atoms with Gasteiger partial charge in [-0.1, -0.05) is 19.1 Å². The minimum atomic E-state index is 0.145. The summed E-state index contributed by atoms with van der Waals surface area (Å²) in [6.45, 7) is 2.29. The van der Waals surface area contributed by atoms with Gasteiger partial charge in [-0.25, -0.2) is 4.68 Å². The molecule has 2 aromatic rings. The molecule has 3 nitrogen and oxygen atoms in total. The predicted octanol–water partition coefficient (Wildman–Crippen LogP) is 1.97. The maximum Gasteiger partial charge on any atom is 0.0651 e. The van der Waals surface area contributed by atoms with Gasteiger partial charge in [0.15, 0.2) is 0 Å². The van der Waals surface area contributed by atoms with E-state index >= 15 is 0 Å². The van der Waals surface area contributed by atoms with E-state index in [2.05, 4.69) is 36.3 Å². The van der Waals surface area contributed by atoms with E-state index in [1.807, 2.05) is 16.9 Å². The summed E-state index contributed by atoms with van der Waals surface area (Å²) in [5, 5.41) is 13.2. The van der Waals surface area contributed by atoms with E-state index in [0.29, 0.717) is 6.42 Å². The van der Waals surface area contributed by atoms with Crippen LogP contribution in [-0.2, 0) is 12.8 Å². The molecule has 3 heteroatoms. The Kier molecular flexibility index (Phi) is 3.37. The van der Waals surface area contributed by atoms with Gasteiger partial charge >= 0.3 is 0 Å². The third-order valence-electron chi connectivity index (χ3n) is 2.62. The van der Waals surface area contributed by atoms with Crippen molar-refractivity contribution in [3.63, 3.8) is 0 Å². The van der Waals surface area contributed by atoms with Crippen LogP contribution in [0.15, 0.2) is 36.5 Å². The minimum Gasteiger partial charge on any atom is -0.396 e. The molecule has 0 bridgehead atoms. The molecule has 0 aliphatic rings. The number of aliphatic hydroxyl groups is 1. The summed E-state index contributed by atoms with van der Waals surface area (Å²) in [4.78, 5) is 0. The van der Waals surface area contributed by atoms with Gasteiger partial charge in [0, 0.05) is 19.2 Å². The highest BCUT2D eigenvalue weighted by molar-refractivity contribution is 5.34. The average Bonchev–Trinajstić information content (AvgIpc) is 2.78. The van der Waals surface area contributed by atoms with E-state index in [0.717, 1.165) is 17.8 Å². The first-order valence-corrected chi connectivity index (χ1v) is 5.58. The molecule has 0 atom stereocenters. The summed E-state index contributed by atoms with van der Waals surface area (Å²) in [7, 11) is 0. The van der Waals surface area contributed by atoms with Crippen molar-refractivity contribution in [1.29, 1.82) is 0 Å². The summed E-state index contributed by atoms with van der Waals surface area (Å²) in [5.74, 6) is 0. The lowest BCUT2D eigenvalue weighted by Crippen LogP contribution is -1.97. The Morgan fingerprint density at radius 3 is 2.56 bits per heavy atom. The minimum absolute atomic E-state index is 0.145. The quantitative estimate of drug-likeness (QED) is 0.848. The summed E-state index contributed by atoms with van der Waals surface area (Å²) in [5.41, 5.74) is 3.30. The number of hydrogen-bond donors (Lipinski definition) is 1. The number of aromatic nitrogens is 2. The molecular formula is C13H16N2O. The third-order valence-corrected chi connectivity index (χ3v) is 2.62. The largest absolute Gasteiger partial charge is 0.396 e. The highest BCUT2D eigenvalue weighted by atomic mass is 16.3. The Morgan fingerprint density at radius 2 is 1.94 bits per heavy atom. The van der Waals surface area contributed by atoms with Crippen LogP contribution < -0.4 is 0 Å². The van der Waals surface area contributed by atoms with E-state index in [-0.39, 0.29) is 6.61 Å². The van der Waals surface area contributed by atoms with Crippen LogP contribution in [-0.4, -0.2) is 21.5 Å². The van der Waals surface area contributed by atoms with Gasteiger partial charge in [0.1, 0.15) is 0 Å². The maximum absolute atomic E-state index is 8.82. The molecular weight excluding hydrogens is 200 g/mol. The van der Waals surface area contributed by atoms with Crippen LogP contribution >= 0.6 is 0 Å². The van der Waals surface area contributed by atoms with Gasteiger partial charge in [0.2, 0.25) is 0 Å². The van der Waals surface area contributed by atoms with Crippen molar-refractivity contribution in [2.24, 2.45) is 0 Å².